The van der Waals surface area contributed by atoms with Gasteiger partial charge in [-0.15, -0.1) is 53.6 Å². The molecule has 3 heterocycles. The Balaban J connectivity index is 0.000000307. The van der Waals surface area contributed by atoms with Crippen LogP contribution >= 0.6 is 0 Å². The number of aromatic nitrogens is 2. The fraction of sp³-hybridized carbons (Fsp3) is 0.241. The monoisotopic (exact) mass is 952 g/mol. The number of benzene rings is 5. The molecule has 0 aliphatic heterocycles. The molecule has 3 aromatic heterocycles. The number of furan rings is 1. The first kappa shape index (κ1) is 40.1. The van der Waals surface area contributed by atoms with Crippen molar-refractivity contribution in [1.29, 1.82) is 5.26 Å². The van der Waals surface area contributed by atoms with Crippen molar-refractivity contribution in [3.63, 3.8) is 0 Å². The number of hydrogen-bond donors (Lipinski definition) is 0. The van der Waals surface area contributed by atoms with Crippen LogP contribution in [0.3, 0.4) is 0 Å². The first-order valence-electron chi connectivity index (χ1n) is 20.8. The van der Waals surface area contributed by atoms with Gasteiger partial charge in [-0.1, -0.05) is 158 Å². The molecule has 5 heteroatoms. The van der Waals surface area contributed by atoms with Crippen molar-refractivity contribution < 1.29 is 27.3 Å². The molecule has 0 amide bonds. The minimum atomic E-state index is -1.71. The van der Waals surface area contributed by atoms with E-state index in [1.807, 2.05) is 99.8 Å². The third-order valence-electron chi connectivity index (χ3n) is 10.1. The van der Waals surface area contributed by atoms with Crippen LogP contribution in [0.2, 0.25) is 0 Å². The Bertz CT molecular complexity index is 2820. The van der Waals surface area contributed by atoms with Gasteiger partial charge in [-0.05, 0) is 67.6 Å². The van der Waals surface area contributed by atoms with E-state index in [-0.39, 0.29) is 30.9 Å². The molecule has 0 aliphatic rings. The largest absolute Gasteiger partial charge is 0.500 e. The summed E-state index contributed by atoms with van der Waals surface area (Å²) in [6, 6.07) is 48.8. The fourth-order valence-electron chi connectivity index (χ4n) is 7.00. The topological polar surface area (TPSA) is 62.7 Å². The van der Waals surface area contributed by atoms with Crippen molar-refractivity contribution in [2.45, 2.75) is 79.5 Å². The Labute approximate surface area is 366 Å². The second-order valence-electron chi connectivity index (χ2n) is 17.8. The molecule has 0 saturated heterocycles. The van der Waals surface area contributed by atoms with Crippen LogP contribution in [0.15, 0.2) is 138 Å². The van der Waals surface area contributed by atoms with Gasteiger partial charge in [0.05, 0.1) is 17.2 Å². The molecule has 0 aliphatic carbocycles. The van der Waals surface area contributed by atoms with Gasteiger partial charge in [0, 0.05) is 46.2 Å². The van der Waals surface area contributed by atoms with E-state index in [1.165, 1.54) is 5.56 Å². The zero-order valence-electron chi connectivity index (χ0n) is 37.3. The van der Waals surface area contributed by atoms with Crippen LogP contribution in [-0.4, -0.2) is 9.97 Å². The van der Waals surface area contributed by atoms with Gasteiger partial charge in [-0.25, -0.2) is 0 Å². The summed E-state index contributed by atoms with van der Waals surface area (Å²) in [6.07, 6.45) is 2.05. The summed E-state index contributed by atoms with van der Waals surface area (Å²) in [4.78, 5) is 9.18. The van der Waals surface area contributed by atoms with Crippen molar-refractivity contribution in [2.24, 2.45) is 5.41 Å². The van der Waals surface area contributed by atoms with E-state index in [2.05, 4.69) is 107 Å². The quantitative estimate of drug-likeness (QED) is 0.161. The molecule has 0 bridgehead atoms. The predicted octanol–water partition coefficient (Wildman–Crippen LogP) is 14.4. The van der Waals surface area contributed by atoms with Crippen LogP contribution < -0.4 is 0 Å². The first-order chi connectivity index (χ1) is 28.4. The predicted molar refractivity (Wildman–Crippen MR) is 240 cm³/mol. The SMILES string of the molecule is CC(C)(C)c1ccc(-c2[c-]cccc2)nc1.[2H]C([2H])(c1c[c-]c(-c2cc(C(C)(C)C)ccn2)c2oc3c(-c4ccc(-c5ccccc5)cc4)c(C#N)ccc3c12)C(C)(C)C.[Ir]. The summed E-state index contributed by atoms with van der Waals surface area (Å²) in [5.41, 5.74) is 10.9. The fourth-order valence-corrected chi connectivity index (χ4v) is 7.00. The molecule has 299 valence electrons. The molecule has 0 unspecified atom stereocenters. The van der Waals surface area contributed by atoms with Gasteiger partial charge in [0.1, 0.15) is 5.58 Å². The molecule has 8 aromatic rings. The minimum absolute atomic E-state index is 0. The van der Waals surface area contributed by atoms with Crippen LogP contribution in [0, 0.1) is 28.9 Å². The van der Waals surface area contributed by atoms with Crippen LogP contribution in [0.5, 0.6) is 0 Å². The molecule has 1 radical (unpaired) electrons. The zero-order chi connectivity index (χ0) is 43.0. The molecular weight excluding hydrogens is 899 g/mol. The minimum Gasteiger partial charge on any atom is -0.500 e. The van der Waals surface area contributed by atoms with E-state index in [1.54, 1.807) is 12.3 Å². The average Bonchev–Trinajstić information content (AvgIpc) is 3.63. The van der Waals surface area contributed by atoms with E-state index < -0.39 is 11.8 Å². The Kier molecular flexibility index (Phi) is 11.8. The average molecular weight is 952 g/mol. The molecular formula is C54H51IrN3O-2. The number of fused-ring (bicyclic) bond motifs is 3. The molecule has 0 saturated carbocycles. The van der Waals surface area contributed by atoms with Crippen molar-refractivity contribution in [2.75, 3.05) is 0 Å². The van der Waals surface area contributed by atoms with Crippen molar-refractivity contribution in [3.8, 4) is 50.8 Å². The molecule has 0 N–H and O–H groups in total. The Hall–Kier alpha value is -5.66. The molecule has 0 atom stereocenters. The van der Waals surface area contributed by atoms with Gasteiger partial charge in [-0.2, -0.15) is 5.26 Å². The zero-order valence-corrected chi connectivity index (χ0v) is 37.7. The Morgan fingerprint density at radius 2 is 1.36 bits per heavy atom. The number of hydrogen-bond acceptors (Lipinski definition) is 4. The molecule has 0 spiro atoms. The van der Waals surface area contributed by atoms with Gasteiger partial charge < -0.3 is 14.4 Å². The second-order valence-corrected chi connectivity index (χ2v) is 17.8. The Morgan fingerprint density at radius 1 is 0.678 bits per heavy atom. The van der Waals surface area contributed by atoms with Crippen LogP contribution in [-0.2, 0) is 37.3 Å². The molecule has 0 fully saturated rings. The number of nitrogens with zero attached hydrogens (tertiary/aromatic N) is 3. The van der Waals surface area contributed by atoms with Crippen LogP contribution in [0.4, 0.5) is 0 Å². The molecule has 4 nitrogen and oxygen atoms in total. The molecule has 8 rings (SSSR count). The standard InChI is InChI=1S/C39H35N2O.C15H16N.Ir/c1-38(2,3)23-28-16-18-31(33-22-30(20-21-41-33)39(4,5)6)36-35(28)32-19-17-29(24-40)34(37(32)42-36)27-14-12-26(13-15-27)25-10-8-7-9-11-25;1-15(2,3)13-9-10-14(16-11-13)12-7-5-4-6-8-12;/h7-17,19-22H,23H2,1-6H3;4-7,9-11H,1-3H3;/q2*-1;/i23D2;;. The summed E-state index contributed by atoms with van der Waals surface area (Å²) in [5.74, 6) is 0. The number of pyridine rings is 2. The summed E-state index contributed by atoms with van der Waals surface area (Å²) >= 11 is 0. The third kappa shape index (κ3) is 9.63. The van der Waals surface area contributed by atoms with E-state index >= 15 is 0 Å². The maximum Gasteiger partial charge on any atom is 0.130 e. The van der Waals surface area contributed by atoms with Crippen LogP contribution in [0.1, 0.15) is 87.3 Å². The summed E-state index contributed by atoms with van der Waals surface area (Å²) in [5, 5.41) is 11.6. The number of rotatable bonds is 5. The Morgan fingerprint density at radius 3 is 1.97 bits per heavy atom. The normalized spacial score (nSPS) is 12.5. The van der Waals surface area contributed by atoms with E-state index in [9.17, 15) is 8.00 Å². The maximum absolute atomic E-state index is 10.2. The van der Waals surface area contributed by atoms with Crippen molar-refractivity contribution in [1.82, 2.24) is 9.97 Å². The maximum atomic E-state index is 10.2. The summed E-state index contributed by atoms with van der Waals surface area (Å²) in [7, 11) is 0. The van der Waals surface area contributed by atoms with E-state index in [0.29, 0.717) is 44.5 Å². The summed E-state index contributed by atoms with van der Waals surface area (Å²) in [6.45, 7) is 18.8. The number of nitriles is 1. The molecule has 59 heavy (non-hydrogen) atoms. The van der Waals surface area contributed by atoms with E-state index in [4.69, 9.17) is 9.40 Å². The summed E-state index contributed by atoms with van der Waals surface area (Å²) < 4.78 is 25.3. The second kappa shape index (κ2) is 17.3. The van der Waals surface area contributed by atoms with Gasteiger partial charge >= 0.3 is 0 Å². The van der Waals surface area contributed by atoms with Gasteiger partial charge in [0.25, 0.3) is 0 Å². The van der Waals surface area contributed by atoms with Crippen LogP contribution in [0.25, 0.3) is 66.7 Å². The van der Waals surface area contributed by atoms with Gasteiger partial charge in [0.2, 0.25) is 0 Å². The van der Waals surface area contributed by atoms with Gasteiger partial charge in [0.15, 0.2) is 0 Å². The first-order valence-corrected chi connectivity index (χ1v) is 19.8. The van der Waals surface area contributed by atoms with Crippen molar-refractivity contribution in [3.05, 3.63) is 168 Å². The molecule has 5 aromatic carbocycles. The third-order valence-corrected chi connectivity index (χ3v) is 10.1. The van der Waals surface area contributed by atoms with Gasteiger partial charge in [-0.3, -0.25) is 0 Å². The smallest absolute Gasteiger partial charge is 0.130 e. The van der Waals surface area contributed by atoms with E-state index in [0.717, 1.165) is 38.9 Å². The van der Waals surface area contributed by atoms with Crippen molar-refractivity contribution >= 4 is 21.9 Å².